The number of nitrogens with zero attached hydrogens (tertiary/aromatic N) is 1. The van der Waals surface area contributed by atoms with Crippen LogP contribution in [-0.2, 0) is 22.2 Å². The van der Waals surface area contributed by atoms with Gasteiger partial charge in [0.25, 0.3) is 0 Å². The van der Waals surface area contributed by atoms with E-state index in [9.17, 15) is 22.8 Å². The molecule has 6 nitrogen and oxygen atoms in total. The van der Waals surface area contributed by atoms with Crippen molar-refractivity contribution in [3.63, 3.8) is 0 Å². The number of benzene rings is 2. The molecule has 3 rings (SSSR count). The minimum absolute atomic E-state index is 0.0481. The highest BCUT2D eigenvalue weighted by molar-refractivity contribution is 7.13. The quantitative estimate of drug-likeness (QED) is 0.515. The standard InChI is InChI=1S/C22H20F3N3O3S/c1-2-31-18-9-7-16(8-10-18)27-20(30)12-26-19(29)11-17-13-32-21(28-17)14-3-5-15(6-4-14)22(23,24)25/h3-10,13H,2,11-12H2,1H3,(H,26,29)(H,27,30). The Bertz CT molecular complexity index is 1060. The zero-order valence-corrected chi connectivity index (χ0v) is 17.8. The molecule has 1 aromatic heterocycles. The molecule has 2 aromatic carbocycles. The number of carbonyl (C=O) groups excluding carboxylic acids is 2. The van der Waals surface area contributed by atoms with Crippen molar-refractivity contribution in [1.29, 1.82) is 0 Å². The van der Waals surface area contributed by atoms with Crippen LogP contribution >= 0.6 is 11.3 Å². The number of halogens is 3. The number of thiazole rings is 1. The molecular weight excluding hydrogens is 443 g/mol. The van der Waals surface area contributed by atoms with Crippen LogP contribution in [0.15, 0.2) is 53.9 Å². The third kappa shape index (κ3) is 6.55. The van der Waals surface area contributed by atoms with Gasteiger partial charge < -0.3 is 15.4 Å². The highest BCUT2D eigenvalue weighted by Gasteiger charge is 2.30. The van der Waals surface area contributed by atoms with Crippen molar-refractivity contribution in [3.05, 3.63) is 65.2 Å². The second kappa shape index (κ2) is 10.3. The van der Waals surface area contributed by atoms with Crippen LogP contribution in [0.25, 0.3) is 10.6 Å². The van der Waals surface area contributed by atoms with E-state index in [1.54, 1.807) is 29.6 Å². The lowest BCUT2D eigenvalue weighted by molar-refractivity contribution is -0.137. The van der Waals surface area contributed by atoms with E-state index in [1.165, 1.54) is 23.5 Å². The Morgan fingerprint density at radius 1 is 1.03 bits per heavy atom. The van der Waals surface area contributed by atoms with Crippen LogP contribution in [-0.4, -0.2) is 29.9 Å². The minimum Gasteiger partial charge on any atom is -0.494 e. The molecule has 0 bridgehead atoms. The van der Waals surface area contributed by atoms with E-state index in [0.29, 0.717) is 34.3 Å². The summed E-state index contributed by atoms with van der Waals surface area (Å²) in [5.74, 6) is -0.0833. The summed E-state index contributed by atoms with van der Waals surface area (Å²) in [6.45, 7) is 2.21. The van der Waals surface area contributed by atoms with Gasteiger partial charge in [-0.2, -0.15) is 13.2 Å². The second-order valence-corrected chi connectivity index (χ2v) is 7.54. The van der Waals surface area contributed by atoms with Gasteiger partial charge in [-0.3, -0.25) is 9.59 Å². The van der Waals surface area contributed by atoms with Crippen LogP contribution in [0.2, 0.25) is 0 Å². The van der Waals surface area contributed by atoms with Gasteiger partial charge >= 0.3 is 6.18 Å². The van der Waals surface area contributed by atoms with E-state index in [0.717, 1.165) is 12.1 Å². The third-order valence-corrected chi connectivity index (χ3v) is 5.19. The van der Waals surface area contributed by atoms with Crippen LogP contribution in [0.3, 0.4) is 0 Å². The van der Waals surface area contributed by atoms with E-state index in [2.05, 4.69) is 15.6 Å². The molecule has 0 spiro atoms. The maximum Gasteiger partial charge on any atom is 0.416 e. The zero-order valence-electron chi connectivity index (χ0n) is 17.0. The van der Waals surface area contributed by atoms with E-state index in [-0.39, 0.29) is 18.9 Å². The van der Waals surface area contributed by atoms with Crippen molar-refractivity contribution in [1.82, 2.24) is 10.3 Å². The Labute approximate surface area is 186 Å². The molecule has 0 aliphatic heterocycles. The molecule has 3 aromatic rings. The number of aromatic nitrogens is 1. The first kappa shape index (κ1) is 23.3. The third-order valence-electron chi connectivity index (χ3n) is 4.25. The summed E-state index contributed by atoms with van der Waals surface area (Å²) in [5, 5.41) is 7.36. The SMILES string of the molecule is CCOc1ccc(NC(=O)CNC(=O)Cc2csc(-c3ccc(C(F)(F)F)cc3)n2)cc1. The smallest absolute Gasteiger partial charge is 0.416 e. The van der Waals surface area contributed by atoms with E-state index >= 15 is 0 Å². The summed E-state index contributed by atoms with van der Waals surface area (Å²) in [6.07, 6.45) is -4.45. The van der Waals surface area contributed by atoms with Crippen molar-refractivity contribution in [2.75, 3.05) is 18.5 Å². The average Bonchev–Trinajstić information content (AvgIpc) is 3.22. The molecule has 168 valence electrons. The lowest BCUT2D eigenvalue weighted by Gasteiger charge is -2.08. The van der Waals surface area contributed by atoms with Crippen molar-refractivity contribution in [2.45, 2.75) is 19.5 Å². The average molecular weight is 463 g/mol. The Kier molecular flexibility index (Phi) is 7.47. The van der Waals surface area contributed by atoms with Gasteiger partial charge in [0.15, 0.2) is 0 Å². The number of hydrogen-bond donors (Lipinski definition) is 2. The van der Waals surface area contributed by atoms with Gasteiger partial charge in [-0.25, -0.2) is 4.98 Å². The number of rotatable bonds is 8. The number of amides is 2. The Morgan fingerprint density at radius 3 is 2.34 bits per heavy atom. The maximum atomic E-state index is 12.7. The van der Waals surface area contributed by atoms with Crippen molar-refractivity contribution in [2.24, 2.45) is 0 Å². The molecule has 0 saturated heterocycles. The van der Waals surface area contributed by atoms with E-state index < -0.39 is 17.6 Å². The maximum absolute atomic E-state index is 12.7. The number of nitrogens with one attached hydrogen (secondary N) is 2. The first-order chi connectivity index (χ1) is 15.2. The first-order valence-corrected chi connectivity index (χ1v) is 10.5. The molecule has 0 unspecified atom stereocenters. The molecule has 0 saturated carbocycles. The van der Waals surface area contributed by atoms with Gasteiger partial charge in [-0.1, -0.05) is 12.1 Å². The van der Waals surface area contributed by atoms with Crippen LogP contribution in [0, 0.1) is 0 Å². The first-order valence-electron chi connectivity index (χ1n) is 9.66. The van der Waals surface area contributed by atoms with E-state index in [1.807, 2.05) is 6.92 Å². The molecule has 10 heteroatoms. The van der Waals surface area contributed by atoms with Crippen LogP contribution in [0.1, 0.15) is 18.2 Å². The fourth-order valence-electron chi connectivity index (χ4n) is 2.73. The summed E-state index contributed by atoms with van der Waals surface area (Å²) in [4.78, 5) is 28.4. The molecule has 0 fully saturated rings. The fourth-order valence-corrected chi connectivity index (χ4v) is 3.56. The van der Waals surface area contributed by atoms with Crippen LogP contribution in [0.5, 0.6) is 5.75 Å². The number of carbonyl (C=O) groups is 2. The highest BCUT2D eigenvalue weighted by Crippen LogP contribution is 2.31. The predicted molar refractivity (Wildman–Crippen MR) is 116 cm³/mol. The summed E-state index contributed by atoms with van der Waals surface area (Å²) in [6, 6.07) is 11.5. The van der Waals surface area contributed by atoms with Gasteiger partial charge in [0.2, 0.25) is 11.8 Å². The molecule has 2 amide bonds. The van der Waals surface area contributed by atoms with Gasteiger partial charge in [0.05, 0.1) is 30.8 Å². The van der Waals surface area contributed by atoms with Gasteiger partial charge in [0.1, 0.15) is 10.8 Å². The van der Waals surface area contributed by atoms with Crippen molar-refractivity contribution < 1.29 is 27.5 Å². The lowest BCUT2D eigenvalue weighted by atomic mass is 10.1. The fraction of sp³-hybridized carbons (Fsp3) is 0.227. The summed E-state index contributed by atoms with van der Waals surface area (Å²) >= 11 is 1.23. The molecule has 0 radical (unpaired) electrons. The van der Waals surface area contributed by atoms with Crippen LogP contribution < -0.4 is 15.4 Å². The molecule has 0 atom stereocenters. The summed E-state index contributed by atoms with van der Waals surface area (Å²) in [5.41, 5.74) is 0.841. The number of ether oxygens (including phenoxy) is 1. The van der Waals surface area contributed by atoms with E-state index in [4.69, 9.17) is 4.74 Å². The second-order valence-electron chi connectivity index (χ2n) is 6.68. The molecular formula is C22H20F3N3O3S. The Hall–Kier alpha value is -3.40. The summed E-state index contributed by atoms with van der Waals surface area (Å²) in [7, 11) is 0. The largest absolute Gasteiger partial charge is 0.494 e. The van der Waals surface area contributed by atoms with Crippen molar-refractivity contribution >= 4 is 28.8 Å². The highest BCUT2D eigenvalue weighted by atomic mass is 32.1. The number of hydrogen-bond acceptors (Lipinski definition) is 5. The molecule has 0 aliphatic carbocycles. The number of alkyl halides is 3. The molecule has 1 heterocycles. The topological polar surface area (TPSA) is 80.3 Å². The molecule has 0 aliphatic rings. The number of anilines is 1. The van der Waals surface area contributed by atoms with Gasteiger partial charge in [-0.05, 0) is 43.3 Å². The van der Waals surface area contributed by atoms with Gasteiger partial charge in [0, 0.05) is 16.6 Å². The lowest BCUT2D eigenvalue weighted by Crippen LogP contribution is -2.33. The molecule has 2 N–H and O–H groups in total. The Balaban J connectivity index is 1.48. The normalized spacial score (nSPS) is 11.1. The van der Waals surface area contributed by atoms with Crippen molar-refractivity contribution in [3.8, 4) is 16.3 Å². The minimum atomic E-state index is -4.40. The molecule has 32 heavy (non-hydrogen) atoms. The van der Waals surface area contributed by atoms with Crippen LogP contribution in [0.4, 0.5) is 18.9 Å². The van der Waals surface area contributed by atoms with Gasteiger partial charge in [-0.15, -0.1) is 11.3 Å². The predicted octanol–water partition coefficient (Wildman–Crippen LogP) is 4.53. The monoisotopic (exact) mass is 463 g/mol. The summed E-state index contributed by atoms with van der Waals surface area (Å²) < 4.78 is 43.4. The zero-order chi connectivity index (χ0) is 23.1. The Morgan fingerprint density at radius 2 is 1.72 bits per heavy atom.